The molecule has 1 aromatic carbocycles. The molecule has 6 nitrogen and oxygen atoms in total. The van der Waals surface area contributed by atoms with Crippen molar-refractivity contribution in [3.63, 3.8) is 0 Å². The zero-order valence-corrected chi connectivity index (χ0v) is 13.6. The van der Waals surface area contributed by atoms with Gasteiger partial charge in [-0.3, -0.25) is 10.1 Å². The molecule has 2 unspecified atom stereocenters. The Hall–Kier alpha value is -1.77. The number of piperidine rings is 1. The molecule has 128 valence electrons. The first kappa shape index (κ1) is 17.6. The van der Waals surface area contributed by atoms with Crippen LogP contribution in [0.25, 0.3) is 0 Å². The molecule has 0 amide bonds. The van der Waals surface area contributed by atoms with Crippen molar-refractivity contribution in [2.24, 2.45) is 5.92 Å². The minimum atomic E-state index is -4.86. The molecule has 0 spiro atoms. The van der Waals surface area contributed by atoms with Gasteiger partial charge in [0.2, 0.25) is 9.84 Å². The van der Waals surface area contributed by atoms with Crippen LogP contribution in [-0.4, -0.2) is 31.7 Å². The van der Waals surface area contributed by atoms with Gasteiger partial charge in [0.25, 0.3) is 5.69 Å². The summed E-state index contributed by atoms with van der Waals surface area (Å²) < 4.78 is 48.3. The monoisotopic (exact) mass is 348 g/mol. The predicted molar refractivity (Wildman–Crippen MR) is 81.5 cm³/mol. The third-order valence-corrected chi connectivity index (χ3v) is 5.51. The molecule has 0 bridgehead atoms. The summed E-state index contributed by atoms with van der Waals surface area (Å²) >= 11 is 0. The summed E-state index contributed by atoms with van der Waals surface area (Å²) in [5, 5.41) is 11.3. The second-order valence-corrected chi connectivity index (χ2v) is 7.81. The Kier molecular flexibility index (Phi) is 4.88. The SMILES string of the molecule is CC1CCC(C)N(c2ccc(S(=O)(=O)C(F)F)cc2[N+](=O)[O-])C1. The molecule has 1 aromatic rings. The highest BCUT2D eigenvalue weighted by Gasteiger charge is 2.32. The number of hydrogen-bond donors (Lipinski definition) is 0. The summed E-state index contributed by atoms with van der Waals surface area (Å²) in [5.74, 6) is -3.27. The highest BCUT2D eigenvalue weighted by atomic mass is 32.2. The van der Waals surface area contributed by atoms with E-state index in [1.54, 1.807) is 0 Å². The van der Waals surface area contributed by atoms with Gasteiger partial charge in [0.1, 0.15) is 5.69 Å². The molecule has 1 aliphatic rings. The van der Waals surface area contributed by atoms with E-state index in [9.17, 15) is 27.3 Å². The number of nitro groups is 1. The Morgan fingerprint density at radius 2 is 1.96 bits per heavy atom. The molecule has 0 N–H and O–H groups in total. The van der Waals surface area contributed by atoms with Crippen molar-refractivity contribution in [3.8, 4) is 0 Å². The molecular weight excluding hydrogens is 330 g/mol. The van der Waals surface area contributed by atoms with Crippen LogP contribution in [0.3, 0.4) is 0 Å². The highest BCUT2D eigenvalue weighted by Crippen LogP contribution is 2.36. The van der Waals surface area contributed by atoms with Crippen molar-refractivity contribution >= 4 is 21.2 Å². The van der Waals surface area contributed by atoms with Gasteiger partial charge >= 0.3 is 5.76 Å². The molecule has 23 heavy (non-hydrogen) atoms. The molecule has 1 aliphatic heterocycles. The summed E-state index contributed by atoms with van der Waals surface area (Å²) in [7, 11) is -4.86. The normalized spacial score (nSPS) is 22.4. The van der Waals surface area contributed by atoms with Crippen LogP contribution in [0, 0.1) is 16.0 Å². The third-order valence-electron chi connectivity index (χ3n) is 4.13. The lowest BCUT2D eigenvalue weighted by molar-refractivity contribution is -0.384. The third kappa shape index (κ3) is 3.44. The number of benzene rings is 1. The summed E-state index contributed by atoms with van der Waals surface area (Å²) in [5.41, 5.74) is -0.199. The molecule has 1 heterocycles. The molecule has 1 fully saturated rings. The fraction of sp³-hybridized carbons (Fsp3) is 0.571. The van der Waals surface area contributed by atoms with E-state index in [0.29, 0.717) is 12.5 Å². The molecule has 2 atom stereocenters. The van der Waals surface area contributed by atoms with Gasteiger partial charge in [-0.05, 0) is 37.8 Å². The number of rotatable bonds is 4. The van der Waals surface area contributed by atoms with E-state index in [1.165, 1.54) is 6.07 Å². The molecule has 0 saturated carbocycles. The van der Waals surface area contributed by atoms with Gasteiger partial charge in [0, 0.05) is 18.7 Å². The lowest BCUT2D eigenvalue weighted by atomic mass is 9.94. The zero-order valence-electron chi connectivity index (χ0n) is 12.8. The minimum Gasteiger partial charge on any atom is -0.363 e. The standard InChI is InChI=1S/C14H18F2N2O4S/c1-9-3-4-10(2)17(8-9)12-6-5-11(7-13(12)18(19)20)23(21,22)14(15)16/h5-7,9-10,14H,3-4,8H2,1-2H3. The smallest absolute Gasteiger partial charge is 0.341 e. The largest absolute Gasteiger partial charge is 0.363 e. The molecular formula is C14H18F2N2O4S. The molecule has 9 heteroatoms. The van der Waals surface area contributed by atoms with Crippen LogP contribution < -0.4 is 4.90 Å². The van der Waals surface area contributed by atoms with Crippen LogP contribution in [0.4, 0.5) is 20.2 Å². The van der Waals surface area contributed by atoms with Crippen molar-refractivity contribution in [2.75, 3.05) is 11.4 Å². The van der Waals surface area contributed by atoms with Crippen molar-refractivity contribution in [1.29, 1.82) is 0 Å². The first-order chi connectivity index (χ1) is 10.6. The van der Waals surface area contributed by atoms with E-state index in [4.69, 9.17) is 0 Å². The number of hydrogen-bond acceptors (Lipinski definition) is 5. The van der Waals surface area contributed by atoms with Crippen molar-refractivity contribution in [1.82, 2.24) is 0 Å². The average Bonchev–Trinajstić information content (AvgIpc) is 2.48. The Bertz CT molecular complexity index is 709. The van der Waals surface area contributed by atoms with Crippen molar-refractivity contribution in [2.45, 2.75) is 43.4 Å². The average molecular weight is 348 g/mol. The maximum atomic E-state index is 12.6. The number of alkyl halides is 2. The number of halogens is 2. The van der Waals surface area contributed by atoms with Crippen LogP contribution in [-0.2, 0) is 9.84 Å². The fourth-order valence-electron chi connectivity index (χ4n) is 2.80. The summed E-state index contributed by atoms with van der Waals surface area (Å²) in [6.45, 7) is 4.56. The van der Waals surface area contributed by atoms with Crippen molar-refractivity contribution < 1.29 is 22.1 Å². The second kappa shape index (κ2) is 6.38. The molecule has 0 radical (unpaired) electrons. The van der Waals surface area contributed by atoms with E-state index in [-0.39, 0.29) is 11.7 Å². The summed E-state index contributed by atoms with van der Waals surface area (Å²) in [4.78, 5) is 11.7. The number of anilines is 1. The number of sulfone groups is 1. The molecule has 0 aliphatic carbocycles. The molecule has 2 rings (SSSR count). The fourth-order valence-corrected chi connectivity index (χ4v) is 3.54. The zero-order chi connectivity index (χ0) is 17.4. The van der Waals surface area contributed by atoms with Gasteiger partial charge in [0.15, 0.2) is 0 Å². The molecule has 0 aromatic heterocycles. The minimum absolute atomic E-state index is 0.0578. The van der Waals surface area contributed by atoms with Gasteiger partial charge in [-0.25, -0.2) is 8.42 Å². The van der Waals surface area contributed by atoms with Gasteiger partial charge in [-0.1, -0.05) is 6.92 Å². The lowest BCUT2D eigenvalue weighted by Gasteiger charge is -2.38. The Balaban J connectivity index is 2.52. The van der Waals surface area contributed by atoms with Crippen LogP contribution in [0.15, 0.2) is 23.1 Å². The van der Waals surface area contributed by atoms with E-state index in [2.05, 4.69) is 0 Å². The van der Waals surface area contributed by atoms with Gasteiger partial charge in [0.05, 0.1) is 9.82 Å². The van der Waals surface area contributed by atoms with Crippen LogP contribution in [0.2, 0.25) is 0 Å². The van der Waals surface area contributed by atoms with Gasteiger partial charge in [-0.2, -0.15) is 8.78 Å². The van der Waals surface area contributed by atoms with Gasteiger partial charge in [-0.15, -0.1) is 0 Å². The molecule has 1 saturated heterocycles. The first-order valence-electron chi connectivity index (χ1n) is 7.21. The quantitative estimate of drug-likeness (QED) is 0.616. The Morgan fingerprint density at radius 1 is 1.30 bits per heavy atom. The predicted octanol–water partition coefficient (Wildman–Crippen LogP) is 3.22. The lowest BCUT2D eigenvalue weighted by Crippen LogP contribution is -2.41. The Morgan fingerprint density at radius 3 is 2.52 bits per heavy atom. The van der Waals surface area contributed by atoms with Crippen LogP contribution in [0.5, 0.6) is 0 Å². The second-order valence-electron chi connectivity index (χ2n) is 5.90. The van der Waals surface area contributed by atoms with E-state index >= 15 is 0 Å². The Labute approximate surface area is 133 Å². The van der Waals surface area contributed by atoms with Crippen LogP contribution >= 0.6 is 0 Å². The van der Waals surface area contributed by atoms with E-state index in [1.807, 2.05) is 18.7 Å². The van der Waals surface area contributed by atoms with Gasteiger partial charge < -0.3 is 4.90 Å². The maximum Gasteiger partial charge on any atom is 0.341 e. The maximum absolute atomic E-state index is 12.6. The number of nitro benzene ring substituents is 1. The number of nitrogens with zero attached hydrogens (tertiary/aromatic N) is 2. The summed E-state index contributed by atoms with van der Waals surface area (Å²) in [6.07, 6.45) is 1.86. The highest BCUT2D eigenvalue weighted by molar-refractivity contribution is 7.91. The van der Waals surface area contributed by atoms with E-state index < -0.39 is 31.1 Å². The topological polar surface area (TPSA) is 80.5 Å². The first-order valence-corrected chi connectivity index (χ1v) is 8.76. The van der Waals surface area contributed by atoms with Crippen LogP contribution in [0.1, 0.15) is 26.7 Å². The summed E-state index contributed by atoms with van der Waals surface area (Å²) in [6, 6.07) is 3.04. The van der Waals surface area contributed by atoms with Crippen molar-refractivity contribution in [3.05, 3.63) is 28.3 Å². The van der Waals surface area contributed by atoms with E-state index in [0.717, 1.165) is 25.0 Å².